The summed E-state index contributed by atoms with van der Waals surface area (Å²) >= 11 is 3.93. The van der Waals surface area contributed by atoms with Crippen LogP contribution in [0.3, 0.4) is 0 Å². The second kappa shape index (κ2) is 3.89. The van der Waals surface area contributed by atoms with Crippen LogP contribution in [-0.2, 0) is 4.43 Å². The van der Waals surface area contributed by atoms with Crippen LogP contribution in [0.25, 0.3) is 11.0 Å². The number of halogens is 3. The summed E-state index contributed by atoms with van der Waals surface area (Å²) in [6.45, 7) is 0. The van der Waals surface area contributed by atoms with Gasteiger partial charge in [-0.25, -0.2) is 0 Å². The Morgan fingerprint density at radius 2 is 2.50 bits per heavy atom. The number of nitrogens with zero attached hydrogens (tertiary/aromatic N) is 1. The van der Waals surface area contributed by atoms with Gasteiger partial charge in [-0.15, -0.1) is 0 Å². The molecule has 5 heteroatoms. The van der Waals surface area contributed by atoms with E-state index in [9.17, 15) is 0 Å². The number of aromatic amines is 1. The Morgan fingerprint density at radius 3 is 3.29 bits per heavy atom. The normalized spacial score (nSPS) is 18.2. The monoisotopic (exact) mass is 477 g/mol. The van der Waals surface area contributed by atoms with Gasteiger partial charge < -0.3 is 0 Å². The van der Waals surface area contributed by atoms with Crippen LogP contribution in [0.15, 0.2) is 22.9 Å². The molecule has 2 aromatic rings. The van der Waals surface area contributed by atoms with Gasteiger partial charge in [-0.3, -0.25) is 0 Å². The van der Waals surface area contributed by atoms with Crippen molar-refractivity contribution in [2.75, 3.05) is 2.43 Å². The van der Waals surface area contributed by atoms with Crippen molar-refractivity contribution in [3.8, 4) is 0 Å². The molecule has 0 saturated carbocycles. The van der Waals surface area contributed by atoms with Gasteiger partial charge in [0.15, 0.2) is 0 Å². The van der Waals surface area contributed by atoms with Crippen LogP contribution in [0.4, 0.5) is 0 Å². The van der Waals surface area contributed by atoms with Gasteiger partial charge in [-0.1, -0.05) is 0 Å². The molecule has 2 nitrogen and oxygen atoms in total. The summed E-state index contributed by atoms with van der Waals surface area (Å²) in [4.78, 5) is 7.52. The van der Waals surface area contributed by atoms with E-state index in [0.717, 1.165) is 5.65 Å². The number of alkyl halides is 3. The summed E-state index contributed by atoms with van der Waals surface area (Å²) < 4.78 is 4.24. The quantitative estimate of drug-likeness (QED) is 0.489. The minimum atomic E-state index is -0.361. The Labute approximate surface area is 104 Å². The molecule has 3 heterocycles. The van der Waals surface area contributed by atoms with Crippen molar-refractivity contribution in [3.05, 3.63) is 28.5 Å². The number of rotatable bonds is 2. The third-order valence-electron chi connectivity index (χ3n) is 2.14. The molecule has 1 saturated heterocycles. The van der Waals surface area contributed by atoms with Crippen LogP contribution < -0.4 is 17.2 Å². The number of fused-ring (bicyclic) bond motifs is 1. The molecule has 0 spiro atoms. The molecule has 0 radical (unpaired) electrons. The number of hydrogen-bond donors (Lipinski definition) is 1. The second-order valence-corrected chi connectivity index (χ2v) is 23.5. The zero-order valence-electron chi connectivity index (χ0n) is 7.23. The molecule has 1 aliphatic heterocycles. The molecular weight excluding hydrogens is 470 g/mol. The zero-order chi connectivity index (χ0) is 9.54. The SMILES string of the molecule is Brc1c[nH]c2nccc(CI3C[I-]3)c12. The average Bonchev–Trinajstić information content (AvgIpc) is 2.91. The van der Waals surface area contributed by atoms with Crippen molar-refractivity contribution >= 4 is 42.8 Å². The van der Waals surface area contributed by atoms with E-state index < -0.39 is 0 Å². The number of hydrogen-bond acceptors (Lipinski definition) is 1. The Bertz CT molecular complexity index is 479. The predicted octanol–water partition coefficient (Wildman–Crippen LogP) is 0.307. The van der Waals surface area contributed by atoms with Crippen molar-refractivity contribution in [3.63, 3.8) is 0 Å². The topological polar surface area (TPSA) is 28.7 Å². The van der Waals surface area contributed by atoms with E-state index in [-0.39, 0.29) is 15.8 Å². The molecule has 0 bridgehead atoms. The third kappa shape index (κ3) is 1.82. The summed E-state index contributed by atoms with van der Waals surface area (Å²) in [7, 11) is 0. The van der Waals surface area contributed by atoms with Crippen molar-refractivity contribution in [1.29, 1.82) is 0 Å². The number of nitrogens with one attached hydrogen (secondary N) is 1. The standard InChI is InChI=1S/C9H8BrI2N2/c10-7-4-14-9-8(7)6(1-2-13-9)3-12-5-11-12/h1-2,4H,3,5H2,(H,13,14)/q-1. The fourth-order valence-corrected chi connectivity index (χ4v) is 16.9. The molecule has 1 N–H and O–H groups in total. The first-order chi connectivity index (χ1) is 6.84. The molecule has 14 heavy (non-hydrogen) atoms. The molecular formula is C9H8BrI2N2-. The van der Waals surface area contributed by atoms with Crippen LogP contribution >= 0.6 is 31.8 Å². The van der Waals surface area contributed by atoms with Crippen LogP contribution in [0.5, 0.6) is 0 Å². The summed E-state index contributed by atoms with van der Waals surface area (Å²) in [5, 5.41) is 1.32. The first-order valence-corrected chi connectivity index (χ1v) is 15.8. The predicted molar refractivity (Wildman–Crippen MR) is 66.4 cm³/mol. The van der Waals surface area contributed by atoms with Gasteiger partial charge in [0.25, 0.3) is 0 Å². The van der Waals surface area contributed by atoms with Gasteiger partial charge in [-0.2, -0.15) is 0 Å². The summed E-state index contributed by atoms with van der Waals surface area (Å²) in [5.74, 6) is 0. The molecule has 1 fully saturated rings. The Morgan fingerprint density at radius 1 is 1.64 bits per heavy atom. The Balaban J connectivity index is 2.14. The Kier molecular flexibility index (Phi) is 2.73. The van der Waals surface area contributed by atoms with Gasteiger partial charge >= 0.3 is 105 Å². The summed E-state index contributed by atoms with van der Waals surface area (Å²) in [6, 6.07) is 2.19. The first-order valence-electron chi connectivity index (χ1n) is 4.17. The van der Waals surface area contributed by atoms with E-state index >= 15 is 0 Å². The van der Waals surface area contributed by atoms with E-state index in [1.165, 1.54) is 19.8 Å². The van der Waals surface area contributed by atoms with Crippen molar-refractivity contribution in [1.82, 2.24) is 9.97 Å². The van der Waals surface area contributed by atoms with Gasteiger partial charge in [0.05, 0.1) is 0 Å². The summed E-state index contributed by atoms with van der Waals surface area (Å²) in [5.41, 5.74) is 2.55. The molecule has 0 aliphatic carbocycles. The fraction of sp³-hybridized carbons (Fsp3) is 0.222. The van der Waals surface area contributed by atoms with Gasteiger partial charge in [0.2, 0.25) is 0 Å². The second-order valence-electron chi connectivity index (χ2n) is 3.06. The van der Waals surface area contributed by atoms with E-state index in [0.29, 0.717) is 17.2 Å². The molecule has 0 aromatic carbocycles. The van der Waals surface area contributed by atoms with Gasteiger partial charge in [0.1, 0.15) is 0 Å². The molecule has 2 aromatic heterocycles. The number of H-pyrrole nitrogens is 1. The van der Waals surface area contributed by atoms with Crippen molar-refractivity contribution in [2.45, 2.75) is 4.43 Å². The first kappa shape index (κ1) is 9.83. The van der Waals surface area contributed by atoms with E-state index in [2.05, 4.69) is 32.0 Å². The molecule has 0 unspecified atom stereocenters. The van der Waals surface area contributed by atoms with Gasteiger partial charge in [0, 0.05) is 0 Å². The van der Waals surface area contributed by atoms with Crippen LogP contribution in [-0.4, -0.2) is 12.4 Å². The molecule has 76 valence electrons. The molecule has 1 aliphatic rings. The van der Waals surface area contributed by atoms with E-state index in [1.54, 1.807) is 2.43 Å². The maximum atomic E-state index is 4.33. The minimum absolute atomic E-state index is 0.361. The van der Waals surface area contributed by atoms with Crippen molar-refractivity contribution in [2.24, 2.45) is 0 Å². The Hall–Kier alpha value is 0.630. The van der Waals surface area contributed by atoms with Crippen LogP contribution in [0.2, 0.25) is 0 Å². The van der Waals surface area contributed by atoms with E-state index in [1.807, 2.05) is 12.4 Å². The molecule has 0 atom stereocenters. The van der Waals surface area contributed by atoms with Crippen LogP contribution in [0.1, 0.15) is 5.56 Å². The van der Waals surface area contributed by atoms with Gasteiger partial charge in [-0.05, 0) is 0 Å². The zero-order valence-corrected chi connectivity index (χ0v) is 13.1. The van der Waals surface area contributed by atoms with E-state index in [4.69, 9.17) is 0 Å². The van der Waals surface area contributed by atoms with Crippen molar-refractivity contribution < 1.29 is 17.2 Å². The third-order valence-corrected chi connectivity index (χ3v) is 17.1. The number of aromatic nitrogens is 2. The van der Waals surface area contributed by atoms with Crippen LogP contribution in [0, 0.1) is 0 Å². The average molecular weight is 478 g/mol. The fourth-order valence-electron chi connectivity index (χ4n) is 1.45. The summed E-state index contributed by atoms with van der Waals surface area (Å²) in [6.07, 6.45) is 3.92. The number of pyridine rings is 1. The maximum absolute atomic E-state index is 4.33. The molecule has 0 amide bonds. The molecule has 3 rings (SSSR count).